The van der Waals surface area contributed by atoms with Crippen LogP contribution in [0.1, 0.15) is 51.9 Å². The van der Waals surface area contributed by atoms with E-state index in [1.54, 1.807) is 6.08 Å². The molecule has 1 rings (SSSR count). The molecule has 0 fully saturated rings. The lowest BCUT2D eigenvalue weighted by Gasteiger charge is -2.10. The number of carbonyl (C=O) groups excluding carboxylic acids is 2. The molecule has 1 N–H and O–H groups in total. The topological polar surface area (TPSA) is 63.6 Å². The Bertz CT molecular complexity index is 540. The standard InChI is InChI=1S/C21H30O4/c1-3-4-7-11-18(22)14-15-19-17(13-16-20(19)23)10-8-5-6-9-12-21(24)25-2/h4-5,7-8,13,15-18,22H,3,6,9-12,14H2,1-2H3/b7-4-,8-5-,19-15+. The fraction of sp³-hybridized carbons (Fsp3) is 0.524. The largest absolute Gasteiger partial charge is 0.469 e. The maximum Gasteiger partial charge on any atom is 0.305 e. The summed E-state index contributed by atoms with van der Waals surface area (Å²) in [7, 11) is 1.40. The third kappa shape index (κ3) is 8.64. The van der Waals surface area contributed by atoms with Crippen molar-refractivity contribution in [3.05, 3.63) is 48.1 Å². The zero-order valence-electron chi connectivity index (χ0n) is 15.3. The van der Waals surface area contributed by atoms with Crippen molar-refractivity contribution in [3.8, 4) is 0 Å². The van der Waals surface area contributed by atoms with E-state index in [0.717, 1.165) is 31.3 Å². The highest BCUT2D eigenvalue weighted by atomic mass is 16.5. The van der Waals surface area contributed by atoms with E-state index in [1.807, 2.05) is 30.4 Å². The van der Waals surface area contributed by atoms with E-state index >= 15 is 0 Å². The van der Waals surface area contributed by atoms with Gasteiger partial charge in [0.25, 0.3) is 0 Å². The number of aliphatic hydroxyl groups excluding tert-OH is 1. The molecule has 0 amide bonds. The average Bonchev–Trinajstić information content (AvgIpc) is 2.96. The molecule has 0 spiro atoms. The van der Waals surface area contributed by atoms with Crippen LogP contribution in [0, 0.1) is 5.92 Å². The number of esters is 1. The number of ketones is 1. The SMILES string of the molecule is CC/C=C\CC(O)C/C=C1/C(=O)C=CC1C/C=C\CCCC(=O)OC. The fourth-order valence-electron chi connectivity index (χ4n) is 2.65. The lowest BCUT2D eigenvalue weighted by Crippen LogP contribution is -2.07. The highest BCUT2D eigenvalue weighted by Gasteiger charge is 2.21. The number of unbranched alkanes of at least 4 members (excludes halogenated alkanes) is 1. The van der Waals surface area contributed by atoms with Gasteiger partial charge in [-0.25, -0.2) is 0 Å². The molecule has 4 heteroatoms. The van der Waals surface area contributed by atoms with Gasteiger partial charge in [-0.1, -0.05) is 43.4 Å². The first-order valence-electron chi connectivity index (χ1n) is 9.05. The molecule has 1 aliphatic carbocycles. The molecule has 25 heavy (non-hydrogen) atoms. The van der Waals surface area contributed by atoms with Gasteiger partial charge >= 0.3 is 5.97 Å². The predicted octanol–water partition coefficient (Wildman–Crippen LogP) is 4.06. The molecule has 138 valence electrons. The van der Waals surface area contributed by atoms with Crippen LogP contribution >= 0.6 is 0 Å². The van der Waals surface area contributed by atoms with E-state index < -0.39 is 6.10 Å². The normalized spacial score (nSPS) is 20.2. The van der Waals surface area contributed by atoms with Crippen LogP contribution in [0.4, 0.5) is 0 Å². The molecular formula is C21H30O4. The van der Waals surface area contributed by atoms with Crippen molar-refractivity contribution in [3.63, 3.8) is 0 Å². The molecule has 2 atom stereocenters. The summed E-state index contributed by atoms with van der Waals surface area (Å²) >= 11 is 0. The summed E-state index contributed by atoms with van der Waals surface area (Å²) in [5.74, 6) is -0.0570. The van der Waals surface area contributed by atoms with Gasteiger partial charge in [-0.3, -0.25) is 9.59 Å². The molecule has 0 heterocycles. The Hall–Kier alpha value is -1.94. The average molecular weight is 346 g/mol. The molecule has 1 aliphatic rings. The highest BCUT2D eigenvalue weighted by Crippen LogP contribution is 2.26. The van der Waals surface area contributed by atoms with Gasteiger partial charge in [-0.15, -0.1) is 0 Å². The number of rotatable bonds is 11. The Labute approximate surface area is 151 Å². The first kappa shape index (κ1) is 21.1. The van der Waals surface area contributed by atoms with Gasteiger partial charge in [-0.05, 0) is 44.6 Å². The number of methoxy groups -OCH3 is 1. The van der Waals surface area contributed by atoms with Crippen molar-refractivity contribution < 1.29 is 19.4 Å². The van der Waals surface area contributed by atoms with E-state index in [4.69, 9.17) is 0 Å². The van der Waals surface area contributed by atoms with Crippen molar-refractivity contribution in [1.29, 1.82) is 0 Å². The second kappa shape index (κ2) is 12.4. The summed E-state index contributed by atoms with van der Waals surface area (Å²) in [5.41, 5.74) is 0.776. The molecule has 0 aromatic heterocycles. The molecule has 0 aromatic carbocycles. The number of aliphatic hydroxyl groups is 1. The zero-order chi connectivity index (χ0) is 18.5. The molecule has 0 aromatic rings. The van der Waals surface area contributed by atoms with E-state index in [1.165, 1.54) is 7.11 Å². The lowest BCUT2D eigenvalue weighted by atomic mass is 9.96. The van der Waals surface area contributed by atoms with Crippen LogP contribution in [-0.4, -0.2) is 30.1 Å². The summed E-state index contributed by atoms with van der Waals surface area (Å²) in [6.07, 6.45) is 17.9. The molecule has 0 radical (unpaired) electrons. The minimum atomic E-state index is -0.446. The van der Waals surface area contributed by atoms with Crippen molar-refractivity contribution >= 4 is 11.8 Å². The molecule has 0 aliphatic heterocycles. The second-order valence-electron chi connectivity index (χ2n) is 6.17. The summed E-state index contributed by atoms with van der Waals surface area (Å²) in [5, 5.41) is 9.97. The van der Waals surface area contributed by atoms with Crippen LogP contribution < -0.4 is 0 Å². The summed E-state index contributed by atoms with van der Waals surface area (Å²) < 4.78 is 4.60. The lowest BCUT2D eigenvalue weighted by molar-refractivity contribution is -0.140. The van der Waals surface area contributed by atoms with Gasteiger partial charge in [-0.2, -0.15) is 0 Å². The third-order valence-electron chi connectivity index (χ3n) is 4.12. The smallest absolute Gasteiger partial charge is 0.305 e. The molecule has 0 saturated carbocycles. The first-order chi connectivity index (χ1) is 12.1. The quantitative estimate of drug-likeness (QED) is 0.265. The van der Waals surface area contributed by atoms with E-state index in [9.17, 15) is 14.7 Å². The van der Waals surface area contributed by atoms with Crippen LogP contribution in [0.15, 0.2) is 48.1 Å². The summed E-state index contributed by atoms with van der Waals surface area (Å²) in [6, 6.07) is 0. The number of ether oxygens (including phenoxy) is 1. The van der Waals surface area contributed by atoms with Crippen molar-refractivity contribution in [2.75, 3.05) is 7.11 Å². The Kier molecular flexibility index (Phi) is 10.5. The van der Waals surface area contributed by atoms with Gasteiger partial charge in [0.2, 0.25) is 0 Å². The van der Waals surface area contributed by atoms with Crippen LogP contribution in [0.2, 0.25) is 0 Å². The number of allylic oxidation sites excluding steroid dienone is 6. The Morgan fingerprint density at radius 2 is 2.08 bits per heavy atom. The predicted molar refractivity (Wildman–Crippen MR) is 100 cm³/mol. The Morgan fingerprint density at radius 1 is 1.28 bits per heavy atom. The van der Waals surface area contributed by atoms with Crippen LogP contribution in [0.5, 0.6) is 0 Å². The van der Waals surface area contributed by atoms with Gasteiger partial charge in [0.15, 0.2) is 5.78 Å². The van der Waals surface area contributed by atoms with Gasteiger partial charge in [0.05, 0.1) is 13.2 Å². The Morgan fingerprint density at radius 3 is 2.80 bits per heavy atom. The zero-order valence-corrected chi connectivity index (χ0v) is 15.3. The van der Waals surface area contributed by atoms with Crippen LogP contribution in [0.3, 0.4) is 0 Å². The second-order valence-corrected chi connectivity index (χ2v) is 6.17. The molecular weight excluding hydrogens is 316 g/mol. The monoisotopic (exact) mass is 346 g/mol. The minimum Gasteiger partial charge on any atom is -0.469 e. The Balaban J connectivity index is 2.40. The summed E-state index contributed by atoms with van der Waals surface area (Å²) in [6.45, 7) is 2.06. The van der Waals surface area contributed by atoms with Gasteiger partial charge in [0.1, 0.15) is 0 Å². The van der Waals surface area contributed by atoms with Crippen LogP contribution in [-0.2, 0) is 14.3 Å². The number of carbonyl (C=O) groups is 2. The fourth-order valence-corrected chi connectivity index (χ4v) is 2.65. The number of hydrogen-bond donors (Lipinski definition) is 1. The maximum absolute atomic E-state index is 12.0. The van der Waals surface area contributed by atoms with Crippen molar-refractivity contribution in [1.82, 2.24) is 0 Å². The van der Waals surface area contributed by atoms with Crippen LogP contribution in [0.25, 0.3) is 0 Å². The minimum absolute atomic E-state index is 0.0420. The molecule has 4 nitrogen and oxygen atoms in total. The van der Waals surface area contributed by atoms with E-state index in [2.05, 4.69) is 17.7 Å². The molecule has 0 saturated heterocycles. The van der Waals surface area contributed by atoms with E-state index in [-0.39, 0.29) is 17.7 Å². The molecule has 2 unspecified atom stereocenters. The highest BCUT2D eigenvalue weighted by molar-refractivity contribution is 6.07. The van der Waals surface area contributed by atoms with Gasteiger partial charge < -0.3 is 9.84 Å². The van der Waals surface area contributed by atoms with Crippen molar-refractivity contribution in [2.24, 2.45) is 5.92 Å². The first-order valence-corrected chi connectivity index (χ1v) is 9.05. The van der Waals surface area contributed by atoms with Crippen molar-refractivity contribution in [2.45, 2.75) is 58.0 Å². The third-order valence-corrected chi connectivity index (χ3v) is 4.12. The summed E-state index contributed by atoms with van der Waals surface area (Å²) in [4.78, 5) is 23.0. The van der Waals surface area contributed by atoms with E-state index in [0.29, 0.717) is 19.3 Å². The number of hydrogen-bond acceptors (Lipinski definition) is 4. The van der Waals surface area contributed by atoms with Gasteiger partial charge in [0, 0.05) is 17.9 Å². The maximum atomic E-state index is 12.0. The molecule has 0 bridgehead atoms.